The molecule has 1 aromatic carbocycles. The fraction of sp³-hybridized carbons (Fsp3) is 0.444. The molecular formula is C18H27N. The quantitative estimate of drug-likeness (QED) is 0.724. The summed E-state index contributed by atoms with van der Waals surface area (Å²) in [5, 5.41) is 0. The van der Waals surface area contributed by atoms with Gasteiger partial charge >= 0.3 is 0 Å². The molecule has 0 aromatic heterocycles. The number of aryl methyl sites for hydroxylation is 1. The predicted molar refractivity (Wildman–Crippen MR) is 85.5 cm³/mol. The lowest BCUT2D eigenvalue weighted by Gasteiger charge is -2.30. The second-order valence-electron chi connectivity index (χ2n) is 4.73. The first-order chi connectivity index (χ1) is 9.24. The molecule has 0 saturated heterocycles. The van der Waals surface area contributed by atoms with Gasteiger partial charge in [-0.1, -0.05) is 58.2 Å². The number of rotatable bonds is 4. The fourth-order valence-electron chi connectivity index (χ4n) is 2.56. The SMILES string of the molecule is C=CC(=C)CN1CCc2c(CC)cccc2C1.CC. The molecule has 0 spiro atoms. The highest BCUT2D eigenvalue weighted by molar-refractivity contribution is 5.37. The summed E-state index contributed by atoms with van der Waals surface area (Å²) < 4.78 is 0. The molecule has 0 radical (unpaired) electrons. The Hall–Kier alpha value is -1.34. The Kier molecular flexibility index (Phi) is 6.58. The molecule has 1 aliphatic heterocycles. The molecule has 1 aliphatic rings. The lowest BCUT2D eigenvalue weighted by molar-refractivity contribution is 0.277. The van der Waals surface area contributed by atoms with E-state index in [9.17, 15) is 0 Å². The smallest absolute Gasteiger partial charge is 0.0240 e. The second kappa shape index (κ2) is 7.96. The standard InChI is InChI=1S/C16H21N.C2H6/c1-4-13(3)11-17-10-9-16-14(5-2)7-6-8-15(16)12-17;1-2/h4,6-8H,1,3,5,9-12H2,2H3;1-2H3. The van der Waals surface area contributed by atoms with Crippen LogP contribution in [0, 0.1) is 0 Å². The summed E-state index contributed by atoms with van der Waals surface area (Å²) in [5.74, 6) is 0. The molecule has 1 nitrogen and oxygen atoms in total. The molecule has 0 saturated carbocycles. The van der Waals surface area contributed by atoms with Crippen molar-refractivity contribution < 1.29 is 0 Å². The van der Waals surface area contributed by atoms with E-state index in [0.717, 1.165) is 31.6 Å². The summed E-state index contributed by atoms with van der Waals surface area (Å²) in [6.07, 6.45) is 4.17. The summed E-state index contributed by atoms with van der Waals surface area (Å²) in [5.41, 5.74) is 5.70. The monoisotopic (exact) mass is 257 g/mol. The summed E-state index contributed by atoms with van der Waals surface area (Å²) in [4.78, 5) is 2.45. The Morgan fingerprint density at radius 2 is 2.11 bits per heavy atom. The Labute approximate surface area is 118 Å². The van der Waals surface area contributed by atoms with E-state index in [-0.39, 0.29) is 0 Å². The van der Waals surface area contributed by atoms with Gasteiger partial charge in [0.1, 0.15) is 0 Å². The highest BCUT2D eigenvalue weighted by Gasteiger charge is 2.17. The first-order valence-corrected chi connectivity index (χ1v) is 7.36. The van der Waals surface area contributed by atoms with Gasteiger partial charge in [-0.15, -0.1) is 0 Å². The van der Waals surface area contributed by atoms with Crippen LogP contribution in [0.1, 0.15) is 37.5 Å². The van der Waals surface area contributed by atoms with Crippen LogP contribution in [0.25, 0.3) is 0 Å². The van der Waals surface area contributed by atoms with Crippen molar-refractivity contribution in [1.82, 2.24) is 4.90 Å². The number of hydrogen-bond acceptors (Lipinski definition) is 1. The molecule has 104 valence electrons. The van der Waals surface area contributed by atoms with Gasteiger partial charge < -0.3 is 0 Å². The topological polar surface area (TPSA) is 3.24 Å². The first kappa shape index (κ1) is 15.7. The predicted octanol–water partition coefficient (Wildman–Crippen LogP) is 4.38. The average molecular weight is 257 g/mol. The zero-order valence-electron chi connectivity index (χ0n) is 12.7. The molecule has 0 amide bonds. The Balaban J connectivity index is 0.000000861. The van der Waals surface area contributed by atoms with Gasteiger partial charge in [-0.2, -0.15) is 0 Å². The van der Waals surface area contributed by atoms with Crippen LogP contribution in [0.15, 0.2) is 43.0 Å². The molecule has 0 fully saturated rings. The van der Waals surface area contributed by atoms with Gasteiger partial charge in [-0.25, -0.2) is 0 Å². The molecule has 0 atom stereocenters. The zero-order valence-corrected chi connectivity index (χ0v) is 12.7. The zero-order chi connectivity index (χ0) is 14.3. The highest BCUT2D eigenvalue weighted by atomic mass is 15.1. The van der Waals surface area contributed by atoms with Crippen LogP contribution < -0.4 is 0 Å². The van der Waals surface area contributed by atoms with Gasteiger partial charge in [0.05, 0.1) is 0 Å². The van der Waals surface area contributed by atoms with Crippen LogP contribution in [0.5, 0.6) is 0 Å². The van der Waals surface area contributed by atoms with Crippen molar-refractivity contribution in [3.05, 3.63) is 59.7 Å². The molecular weight excluding hydrogens is 230 g/mol. The number of nitrogens with zero attached hydrogens (tertiary/aromatic N) is 1. The fourth-order valence-corrected chi connectivity index (χ4v) is 2.56. The minimum absolute atomic E-state index is 0.944. The van der Waals surface area contributed by atoms with Crippen LogP contribution in [-0.2, 0) is 19.4 Å². The minimum Gasteiger partial charge on any atom is -0.295 e. The van der Waals surface area contributed by atoms with Gasteiger partial charge in [-0.3, -0.25) is 4.90 Å². The normalized spacial score (nSPS) is 14.1. The van der Waals surface area contributed by atoms with Gasteiger partial charge in [0, 0.05) is 19.6 Å². The highest BCUT2D eigenvalue weighted by Crippen LogP contribution is 2.23. The Morgan fingerprint density at radius 1 is 1.37 bits per heavy atom. The van der Waals surface area contributed by atoms with E-state index in [0.29, 0.717) is 0 Å². The molecule has 1 aromatic rings. The van der Waals surface area contributed by atoms with E-state index in [1.165, 1.54) is 17.5 Å². The van der Waals surface area contributed by atoms with E-state index in [4.69, 9.17) is 0 Å². The summed E-state index contributed by atoms with van der Waals surface area (Å²) in [6, 6.07) is 6.71. The molecule has 0 bridgehead atoms. The van der Waals surface area contributed by atoms with E-state index >= 15 is 0 Å². The largest absolute Gasteiger partial charge is 0.295 e. The third-order valence-electron chi connectivity index (χ3n) is 3.54. The number of hydrogen-bond donors (Lipinski definition) is 0. The maximum absolute atomic E-state index is 4.00. The minimum atomic E-state index is 0.944. The van der Waals surface area contributed by atoms with Gasteiger partial charge in [0.25, 0.3) is 0 Å². The van der Waals surface area contributed by atoms with Crippen molar-refractivity contribution in [3.63, 3.8) is 0 Å². The van der Waals surface area contributed by atoms with Crippen molar-refractivity contribution >= 4 is 0 Å². The lowest BCUT2D eigenvalue weighted by Crippen LogP contribution is -2.32. The molecule has 0 N–H and O–H groups in total. The van der Waals surface area contributed by atoms with Crippen molar-refractivity contribution in [3.8, 4) is 0 Å². The second-order valence-corrected chi connectivity index (χ2v) is 4.73. The van der Waals surface area contributed by atoms with Crippen molar-refractivity contribution in [1.29, 1.82) is 0 Å². The molecule has 1 heteroatoms. The molecule has 19 heavy (non-hydrogen) atoms. The maximum atomic E-state index is 4.00. The van der Waals surface area contributed by atoms with Crippen LogP contribution in [-0.4, -0.2) is 18.0 Å². The molecule has 1 heterocycles. The number of fused-ring (bicyclic) bond motifs is 1. The third-order valence-corrected chi connectivity index (χ3v) is 3.54. The number of benzene rings is 1. The Bertz CT molecular complexity index is 431. The van der Waals surface area contributed by atoms with Crippen LogP contribution in [0.3, 0.4) is 0 Å². The summed E-state index contributed by atoms with van der Waals surface area (Å²) >= 11 is 0. The molecule has 2 rings (SSSR count). The van der Waals surface area contributed by atoms with Crippen molar-refractivity contribution in [2.75, 3.05) is 13.1 Å². The van der Waals surface area contributed by atoms with Gasteiger partial charge in [-0.05, 0) is 35.1 Å². The molecule has 0 aliphatic carbocycles. The van der Waals surface area contributed by atoms with E-state index < -0.39 is 0 Å². The maximum Gasteiger partial charge on any atom is 0.0240 e. The summed E-state index contributed by atoms with van der Waals surface area (Å²) in [6.45, 7) is 17.1. The van der Waals surface area contributed by atoms with Gasteiger partial charge in [0.2, 0.25) is 0 Å². The average Bonchev–Trinajstić information content (AvgIpc) is 2.48. The lowest BCUT2D eigenvalue weighted by atomic mass is 9.93. The van der Waals surface area contributed by atoms with Crippen molar-refractivity contribution in [2.45, 2.75) is 40.2 Å². The Morgan fingerprint density at radius 3 is 2.74 bits per heavy atom. The summed E-state index contributed by atoms with van der Waals surface area (Å²) in [7, 11) is 0. The van der Waals surface area contributed by atoms with E-state index in [2.05, 4.69) is 43.2 Å². The van der Waals surface area contributed by atoms with Crippen LogP contribution >= 0.6 is 0 Å². The van der Waals surface area contributed by atoms with E-state index in [1.807, 2.05) is 19.9 Å². The third kappa shape index (κ3) is 4.07. The molecule has 0 unspecified atom stereocenters. The first-order valence-electron chi connectivity index (χ1n) is 7.36. The van der Waals surface area contributed by atoms with Gasteiger partial charge in [0.15, 0.2) is 0 Å². The van der Waals surface area contributed by atoms with Crippen LogP contribution in [0.2, 0.25) is 0 Å². The van der Waals surface area contributed by atoms with Crippen LogP contribution in [0.4, 0.5) is 0 Å². The van der Waals surface area contributed by atoms with Crippen molar-refractivity contribution in [2.24, 2.45) is 0 Å². The van der Waals surface area contributed by atoms with E-state index in [1.54, 1.807) is 5.56 Å².